The quantitative estimate of drug-likeness (QED) is 0.456. The van der Waals surface area contributed by atoms with Gasteiger partial charge in [-0.2, -0.15) is 0 Å². The van der Waals surface area contributed by atoms with Crippen LogP contribution in [0.5, 0.6) is 0 Å². The molecule has 0 amide bonds. The number of hydrogen-bond acceptors (Lipinski definition) is 3. The SMILES string of the molecule is COCCOC1([SiH3])CCCCO1. The summed E-state index contributed by atoms with van der Waals surface area (Å²) in [7, 11) is 2.63. The van der Waals surface area contributed by atoms with Crippen LogP contribution in [0, 0.1) is 0 Å². The molecule has 0 radical (unpaired) electrons. The van der Waals surface area contributed by atoms with Gasteiger partial charge in [0.05, 0.1) is 23.5 Å². The minimum atomic E-state index is -0.212. The highest BCUT2D eigenvalue weighted by Gasteiger charge is 2.27. The maximum absolute atomic E-state index is 5.63. The monoisotopic (exact) mass is 190 g/mol. The van der Waals surface area contributed by atoms with Crippen molar-refractivity contribution in [1.29, 1.82) is 0 Å². The van der Waals surface area contributed by atoms with Crippen molar-refractivity contribution in [3.63, 3.8) is 0 Å². The number of hydrogen-bond donors (Lipinski definition) is 0. The van der Waals surface area contributed by atoms with Crippen molar-refractivity contribution in [2.75, 3.05) is 26.9 Å². The molecule has 0 N–H and O–H groups in total. The molecule has 0 aromatic rings. The topological polar surface area (TPSA) is 27.7 Å². The minimum Gasteiger partial charge on any atom is -0.382 e. The second kappa shape index (κ2) is 4.96. The van der Waals surface area contributed by atoms with E-state index < -0.39 is 0 Å². The highest BCUT2D eigenvalue weighted by Crippen LogP contribution is 2.22. The average molecular weight is 190 g/mol. The highest BCUT2D eigenvalue weighted by molar-refractivity contribution is 6.13. The van der Waals surface area contributed by atoms with Crippen molar-refractivity contribution in [1.82, 2.24) is 0 Å². The van der Waals surface area contributed by atoms with Gasteiger partial charge in [0.1, 0.15) is 5.41 Å². The van der Waals surface area contributed by atoms with Crippen LogP contribution < -0.4 is 0 Å². The van der Waals surface area contributed by atoms with Gasteiger partial charge in [-0.15, -0.1) is 0 Å². The lowest BCUT2D eigenvalue weighted by atomic mass is 10.2. The summed E-state index contributed by atoms with van der Waals surface area (Å²) in [5.41, 5.74) is -0.212. The Labute approximate surface area is 76.8 Å². The summed E-state index contributed by atoms with van der Waals surface area (Å²) >= 11 is 0. The zero-order chi connectivity index (χ0) is 8.86. The molecule has 1 unspecified atom stereocenters. The molecular formula is C8H18O3Si. The third-order valence-electron chi connectivity index (χ3n) is 2.13. The molecular weight excluding hydrogens is 172 g/mol. The Hall–Kier alpha value is 0.0969. The first-order valence-electron chi connectivity index (χ1n) is 4.54. The summed E-state index contributed by atoms with van der Waals surface area (Å²) in [6.07, 6.45) is 3.47. The van der Waals surface area contributed by atoms with Crippen LogP contribution in [0.2, 0.25) is 0 Å². The predicted octanol–water partition coefficient (Wildman–Crippen LogP) is -0.131. The van der Waals surface area contributed by atoms with Gasteiger partial charge >= 0.3 is 0 Å². The molecule has 1 rings (SSSR count). The van der Waals surface area contributed by atoms with Gasteiger partial charge in [-0.25, -0.2) is 0 Å². The van der Waals surface area contributed by atoms with Crippen LogP contribution in [0.3, 0.4) is 0 Å². The van der Waals surface area contributed by atoms with Gasteiger partial charge in [-0.1, -0.05) is 0 Å². The van der Waals surface area contributed by atoms with E-state index in [0.717, 1.165) is 23.3 Å². The van der Waals surface area contributed by atoms with Crippen molar-refractivity contribution in [3.05, 3.63) is 0 Å². The lowest BCUT2D eigenvalue weighted by molar-refractivity contribution is -0.202. The average Bonchev–Trinajstić information content (AvgIpc) is 2.06. The van der Waals surface area contributed by atoms with Crippen molar-refractivity contribution in [3.8, 4) is 0 Å². The molecule has 1 fully saturated rings. The second-order valence-corrected chi connectivity index (χ2v) is 4.80. The lowest BCUT2D eigenvalue weighted by Crippen LogP contribution is -2.40. The molecule has 1 saturated heterocycles. The van der Waals surface area contributed by atoms with E-state index in [1.165, 1.54) is 12.8 Å². The Morgan fingerprint density at radius 3 is 2.83 bits per heavy atom. The molecule has 3 nitrogen and oxygen atoms in total. The summed E-state index contributed by atoms with van der Waals surface area (Å²) in [5, 5.41) is 0. The largest absolute Gasteiger partial charge is 0.382 e. The van der Waals surface area contributed by atoms with E-state index in [0.29, 0.717) is 13.2 Å². The number of rotatable bonds is 4. The van der Waals surface area contributed by atoms with Crippen LogP contribution in [0.25, 0.3) is 0 Å². The first-order chi connectivity index (χ1) is 5.77. The van der Waals surface area contributed by atoms with E-state index in [4.69, 9.17) is 14.2 Å². The maximum atomic E-state index is 5.63. The van der Waals surface area contributed by atoms with Crippen LogP contribution in [0.4, 0.5) is 0 Å². The second-order valence-electron chi connectivity index (χ2n) is 3.28. The van der Waals surface area contributed by atoms with Crippen LogP contribution in [0.1, 0.15) is 19.3 Å². The number of methoxy groups -OCH3 is 1. The molecule has 0 saturated carbocycles. The van der Waals surface area contributed by atoms with Crippen molar-refractivity contribution < 1.29 is 14.2 Å². The molecule has 1 heterocycles. The molecule has 1 aliphatic rings. The van der Waals surface area contributed by atoms with Crippen molar-refractivity contribution in [2.24, 2.45) is 0 Å². The van der Waals surface area contributed by atoms with E-state index in [9.17, 15) is 0 Å². The Morgan fingerprint density at radius 1 is 1.42 bits per heavy atom. The number of ether oxygens (including phenoxy) is 3. The van der Waals surface area contributed by atoms with Crippen LogP contribution in [-0.2, 0) is 14.2 Å². The zero-order valence-corrected chi connectivity index (χ0v) is 9.97. The van der Waals surface area contributed by atoms with Gasteiger partial charge < -0.3 is 14.2 Å². The van der Waals surface area contributed by atoms with Crippen LogP contribution in [0.15, 0.2) is 0 Å². The highest BCUT2D eigenvalue weighted by atomic mass is 28.1. The molecule has 0 bridgehead atoms. The lowest BCUT2D eigenvalue weighted by Gasteiger charge is -2.33. The standard InChI is InChI=1S/C8H18O3Si/c1-9-6-7-11-8(12)4-2-3-5-10-8/h2-7H2,1,12H3. The smallest absolute Gasteiger partial charge is 0.141 e. The third-order valence-corrected chi connectivity index (χ3v) is 3.20. The summed E-state index contributed by atoms with van der Waals surface area (Å²) in [6, 6.07) is 0. The normalized spacial score (nSPS) is 30.8. The van der Waals surface area contributed by atoms with Gasteiger partial charge in [0.15, 0.2) is 0 Å². The van der Waals surface area contributed by atoms with Crippen molar-refractivity contribution in [2.45, 2.75) is 24.7 Å². The Morgan fingerprint density at radius 2 is 2.25 bits per heavy atom. The van der Waals surface area contributed by atoms with E-state index in [2.05, 4.69) is 0 Å². The molecule has 0 aliphatic carbocycles. The predicted molar refractivity (Wildman–Crippen MR) is 50.3 cm³/mol. The van der Waals surface area contributed by atoms with Gasteiger partial charge in [-0.3, -0.25) is 0 Å². The minimum absolute atomic E-state index is 0.212. The van der Waals surface area contributed by atoms with E-state index in [1.807, 2.05) is 0 Å². The first kappa shape index (κ1) is 10.2. The summed E-state index contributed by atoms with van der Waals surface area (Å²) in [5.74, 6) is 0. The van der Waals surface area contributed by atoms with Gasteiger partial charge in [0.2, 0.25) is 0 Å². The Balaban J connectivity index is 2.17. The Kier molecular flexibility index (Phi) is 4.21. The molecule has 0 aromatic carbocycles. The van der Waals surface area contributed by atoms with Crippen molar-refractivity contribution >= 4 is 10.2 Å². The van der Waals surface area contributed by atoms with Gasteiger partial charge in [0, 0.05) is 13.7 Å². The third kappa shape index (κ3) is 3.22. The fourth-order valence-electron chi connectivity index (χ4n) is 1.36. The fraction of sp³-hybridized carbons (Fsp3) is 1.00. The summed E-state index contributed by atoms with van der Waals surface area (Å²) in [6.45, 7) is 2.17. The zero-order valence-electron chi connectivity index (χ0n) is 7.97. The Bertz CT molecular complexity index is 123. The van der Waals surface area contributed by atoms with E-state index in [-0.39, 0.29) is 5.41 Å². The van der Waals surface area contributed by atoms with E-state index in [1.54, 1.807) is 7.11 Å². The molecule has 1 aliphatic heterocycles. The van der Waals surface area contributed by atoms with Crippen LogP contribution in [-0.4, -0.2) is 42.6 Å². The first-order valence-corrected chi connectivity index (χ1v) is 5.54. The molecule has 12 heavy (non-hydrogen) atoms. The maximum Gasteiger partial charge on any atom is 0.141 e. The van der Waals surface area contributed by atoms with E-state index >= 15 is 0 Å². The van der Waals surface area contributed by atoms with Crippen LogP contribution >= 0.6 is 0 Å². The molecule has 1 atom stereocenters. The van der Waals surface area contributed by atoms with Gasteiger partial charge in [0.25, 0.3) is 0 Å². The fourth-order valence-corrected chi connectivity index (χ4v) is 2.12. The molecule has 0 aromatic heterocycles. The molecule has 72 valence electrons. The summed E-state index contributed by atoms with van der Waals surface area (Å²) < 4.78 is 16.1. The van der Waals surface area contributed by atoms with Gasteiger partial charge in [-0.05, 0) is 19.3 Å². The molecule has 4 heteroatoms. The summed E-state index contributed by atoms with van der Waals surface area (Å²) in [4.78, 5) is 0. The molecule has 0 spiro atoms.